The summed E-state index contributed by atoms with van der Waals surface area (Å²) >= 11 is 0. The molecule has 0 aliphatic heterocycles. The summed E-state index contributed by atoms with van der Waals surface area (Å²) in [6.45, 7) is 0.171. The second-order valence-corrected chi connectivity index (χ2v) is 4.04. The number of aliphatic hydroxyl groups is 1. The van der Waals surface area contributed by atoms with E-state index in [1.54, 1.807) is 18.3 Å². The lowest BCUT2D eigenvalue weighted by Gasteiger charge is -2.07. The van der Waals surface area contributed by atoms with Crippen LogP contribution in [0.3, 0.4) is 0 Å². The number of pyridine rings is 1. The Morgan fingerprint density at radius 3 is 2.95 bits per heavy atom. The van der Waals surface area contributed by atoms with E-state index in [-0.39, 0.29) is 6.61 Å². The Labute approximate surface area is 111 Å². The van der Waals surface area contributed by atoms with Gasteiger partial charge in [0.1, 0.15) is 17.4 Å². The third kappa shape index (κ3) is 3.54. The zero-order chi connectivity index (χ0) is 13.5. The van der Waals surface area contributed by atoms with E-state index in [0.29, 0.717) is 17.2 Å². The molecule has 0 aliphatic rings. The number of nitriles is 1. The van der Waals surface area contributed by atoms with Gasteiger partial charge >= 0.3 is 0 Å². The van der Waals surface area contributed by atoms with Gasteiger partial charge in [-0.15, -0.1) is 0 Å². The van der Waals surface area contributed by atoms with Gasteiger partial charge < -0.3 is 9.84 Å². The van der Waals surface area contributed by atoms with E-state index in [9.17, 15) is 0 Å². The third-order valence-electron chi connectivity index (χ3n) is 2.63. The Morgan fingerprint density at radius 1 is 1.26 bits per heavy atom. The highest BCUT2D eigenvalue weighted by molar-refractivity contribution is 5.40. The molecule has 96 valence electrons. The van der Waals surface area contributed by atoms with Gasteiger partial charge in [0.15, 0.2) is 0 Å². The maximum absolute atomic E-state index is 8.97. The maximum Gasteiger partial charge on any atom is 0.237 e. The van der Waals surface area contributed by atoms with Crippen molar-refractivity contribution in [3.63, 3.8) is 0 Å². The van der Waals surface area contributed by atoms with Crippen LogP contribution in [-0.4, -0.2) is 16.7 Å². The molecule has 1 N–H and O–H groups in total. The van der Waals surface area contributed by atoms with E-state index in [4.69, 9.17) is 15.1 Å². The van der Waals surface area contributed by atoms with Gasteiger partial charge in [0.25, 0.3) is 0 Å². The Bertz CT molecular complexity index is 591. The molecule has 0 fully saturated rings. The molecule has 0 unspecified atom stereocenters. The van der Waals surface area contributed by atoms with Crippen molar-refractivity contribution in [3.8, 4) is 17.7 Å². The van der Waals surface area contributed by atoms with Crippen molar-refractivity contribution in [2.75, 3.05) is 6.61 Å². The minimum absolute atomic E-state index is 0.171. The summed E-state index contributed by atoms with van der Waals surface area (Å²) in [7, 11) is 0. The minimum atomic E-state index is 0.171. The van der Waals surface area contributed by atoms with E-state index in [1.165, 1.54) is 0 Å². The highest BCUT2D eigenvalue weighted by atomic mass is 16.5. The van der Waals surface area contributed by atoms with E-state index < -0.39 is 0 Å². The van der Waals surface area contributed by atoms with Gasteiger partial charge in [-0.25, -0.2) is 4.98 Å². The Balaban J connectivity index is 2.17. The van der Waals surface area contributed by atoms with Crippen molar-refractivity contribution in [3.05, 3.63) is 53.7 Å². The predicted molar refractivity (Wildman–Crippen MR) is 70.9 cm³/mol. The molecular formula is C15H14N2O2. The number of benzene rings is 1. The molecule has 0 saturated carbocycles. The third-order valence-corrected chi connectivity index (χ3v) is 2.63. The fourth-order valence-electron chi connectivity index (χ4n) is 1.72. The molecule has 0 amide bonds. The van der Waals surface area contributed by atoms with Crippen LogP contribution in [0.4, 0.5) is 0 Å². The molecule has 1 aromatic heterocycles. The van der Waals surface area contributed by atoms with Crippen molar-refractivity contribution in [1.29, 1.82) is 5.26 Å². The lowest BCUT2D eigenvalue weighted by Crippen LogP contribution is -1.93. The van der Waals surface area contributed by atoms with Crippen molar-refractivity contribution in [2.24, 2.45) is 0 Å². The van der Waals surface area contributed by atoms with Crippen LogP contribution >= 0.6 is 0 Å². The van der Waals surface area contributed by atoms with Crippen LogP contribution in [0.25, 0.3) is 0 Å². The standard InChI is InChI=1S/C15H14N2O2/c16-11-13-6-2-8-17-15(13)19-14-7-1-4-12(10-14)5-3-9-18/h1-2,4,6-8,10,18H,3,5,9H2. The van der Waals surface area contributed by atoms with Gasteiger partial charge in [-0.1, -0.05) is 12.1 Å². The molecule has 0 radical (unpaired) electrons. The number of aliphatic hydroxyl groups excluding tert-OH is 1. The van der Waals surface area contributed by atoms with Crippen molar-refractivity contribution < 1.29 is 9.84 Å². The SMILES string of the molecule is N#Cc1cccnc1Oc1cccc(CCCO)c1. The van der Waals surface area contributed by atoms with Crippen LogP contribution in [0, 0.1) is 11.3 Å². The van der Waals surface area contributed by atoms with Gasteiger partial charge in [-0.2, -0.15) is 5.26 Å². The summed E-state index contributed by atoms with van der Waals surface area (Å²) in [5.74, 6) is 0.954. The van der Waals surface area contributed by atoms with Crippen LogP contribution in [0.1, 0.15) is 17.5 Å². The predicted octanol–water partition coefficient (Wildman–Crippen LogP) is 2.67. The van der Waals surface area contributed by atoms with Gasteiger partial charge in [0, 0.05) is 12.8 Å². The first-order valence-corrected chi connectivity index (χ1v) is 6.06. The van der Waals surface area contributed by atoms with Gasteiger partial charge in [-0.3, -0.25) is 0 Å². The fourth-order valence-corrected chi connectivity index (χ4v) is 1.72. The molecule has 0 aliphatic carbocycles. The number of hydrogen-bond donors (Lipinski definition) is 1. The van der Waals surface area contributed by atoms with Gasteiger partial charge in [0.2, 0.25) is 5.88 Å². The summed E-state index contributed by atoms with van der Waals surface area (Å²) in [5.41, 5.74) is 1.49. The molecule has 2 rings (SSSR count). The largest absolute Gasteiger partial charge is 0.438 e. The molecule has 4 heteroatoms. The van der Waals surface area contributed by atoms with E-state index in [1.807, 2.05) is 30.3 Å². The minimum Gasteiger partial charge on any atom is -0.438 e. The van der Waals surface area contributed by atoms with Crippen LogP contribution in [0.5, 0.6) is 11.6 Å². The first-order valence-electron chi connectivity index (χ1n) is 6.06. The quantitative estimate of drug-likeness (QED) is 0.890. The van der Waals surface area contributed by atoms with E-state index in [0.717, 1.165) is 18.4 Å². The number of nitrogens with zero attached hydrogens (tertiary/aromatic N) is 2. The Hall–Kier alpha value is -2.38. The molecule has 0 bridgehead atoms. The zero-order valence-electron chi connectivity index (χ0n) is 10.4. The van der Waals surface area contributed by atoms with E-state index >= 15 is 0 Å². The lowest BCUT2D eigenvalue weighted by atomic mass is 10.1. The van der Waals surface area contributed by atoms with Crippen LogP contribution in [0.15, 0.2) is 42.6 Å². The summed E-state index contributed by atoms with van der Waals surface area (Å²) < 4.78 is 5.62. The molecule has 2 aromatic rings. The summed E-state index contributed by atoms with van der Waals surface area (Å²) in [6, 6.07) is 13.0. The molecule has 19 heavy (non-hydrogen) atoms. The smallest absolute Gasteiger partial charge is 0.237 e. The Morgan fingerprint density at radius 2 is 2.16 bits per heavy atom. The molecular weight excluding hydrogens is 240 g/mol. The highest BCUT2D eigenvalue weighted by Crippen LogP contribution is 2.23. The van der Waals surface area contributed by atoms with Crippen LogP contribution in [0.2, 0.25) is 0 Å². The molecule has 0 atom stereocenters. The van der Waals surface area contributed by atoms with Gasteiger partial charge in [0.05, 0.1) is 0 Å². The maximum atomic E-state index is 8.97. The van der Waals surface area contributed by atoms with Crippen molar-refractivity contribution >= 4 is 0 Å². The monoisotopic (exact) mass is 254 g/mol. The molecule has 0 saturated heterocycles. The number of rotatable bonds is 5. The number of aromatic nitrogens is 1. The zero-order valence-corrected chi connectivity index (χ0v) is 10.4. The second kappa shape index (κ2) is 6.53. The summed E-state index contributed by atoms with van der Waals surface area (Å²) in [6.07, 6.45) is 3.10. The van der Waals surface area contributed by atoms with Crippen LogP contribution in [-0.2, 0) is 6.42 Å². The second-order valence-electron chi connectivity index (χ2n) is 4.04. The number of aryl methyl sites for hydroxylation is 1. The highest BCUT2D eigenvalue weighted by Gasteiger charge is 2.05. The fraction of sp³-hybridized carbons (Fsp3) is 0.200. The van der Waals surface area contributed by atoms with Crippen molar-refractivity contribution in [2.45, 2.75) is 12.8 Å². The number of ether oxygens (including phenoxy) is 1. The summed E-state index contributed by atoms with van der Waals surface area (Å²) in [5, 5.41) is 17.8. The van der Waals surface area contributed by atoms with E-state index in [2.05, 4.69) is 4.98 Å². The summed E-state index contributed by atoms with van der Waals surface area (Å²) in [4.78, 5) is 4.05. The molecule has 4 nitrogen and oxygen atoms in total. The first-order chi connectivity index (χ1) is 9.33. The number of hydrogen-bond acceptors (Lipinski definition) is 4. The average Bonchev–Trinajstić information content (AvgIpc) is 2.46. The average molecular weight is 254 g/mol. The molecule has 0 spiro atoms. The molecule has 1 heterocycles. The molecule has 1 aromatic carbocycles. The van der Waals surface area contributed by atoms with Crippen LogP contribution < -0.4 is 4.74 Å². The lowest BCUT2D eigenvalue weighted by molar-refractivity contribution is 0.288. The van der Waals surface area contributed by atoms with Crippen molar-refractivity contribution in [1.82, 2.24) is 4.98 Å². The first kappa shape index (κ1) is 13.1. The topological polar surface area (TPSA) is 66.1 Å². The normalized spacial score (nSPS) is 9.89. The Kier molecular flexibility index (Phi) is 4.49. The van der Waals surface area contributed by atoms with Gasteiger partial charge in [-0.05, 0) is 42.7 Å².